The SMILES string of the molecule is O=C(O)c1ccnc(Sc2ccnc3ccccc23)c1. The highest BCUT2D eigenvalue weighted by atomic mass is 32.2. The fraction of sp³-hybridized carbons (Fsp3) is 0. The molecule has 98 valence electrons. The minimum atomic E-state index is -0.950. The van der Waals surface area contributed by atoms with Gasteiger partial charge in [-0.2, -0.15) is 0 Å². The molecule has 0 radical (unpaired) electrons. The summed E-state index contributed by atoms with van der Waals surface area (Å²) in [4.78, 5) is 20.5. The average Bonchev–Trinajstić information content (AvgIpc) is 2.48. The van der Waals surface area contributed by atoms with E-state index in [1.165, 1.54) is 24.0 Å². The lowest BCUT2D eigenvalue weighted by molar-refractivity contribution is 0.0696. The first-order valence-electron chi connectivity index (χ1n) is 5.95. The Labute approximate surface area is 119 Å². The van der Waals surface area contributed by atoms with Crippen LogP contribution in [-0.4, -0.2) is 21.0 Å². The third-order valence-corrected chi connectivity index (χ3v) is 3.81. The summed E-state index contributed by atoms with van der Waals surface area (Å²) in [6.07, 6.45) is 3.25. The van der Waals surface area contributed by atoms with Crippen LogP contribution >= 0.6 is 11.8 Å². The Morgan fingerprint density at radius 2 is 1.85 bits per heavy atom. The molecule has 0 atom stereocenters. The molecule has 1 N–H and O–H groups in total. The number of rotatable bonds is 3. The smallest absolute Gasteiger partial charge is 0.335 e. The molecule has 2 heterocycles. The van der Waals surface area contributed by atoms with Gasteiger partial charge < -0.3 is 5.11 Å². The maximum atomic E-state index is 11.0. The van der Waals surface area contributed by atoms with E-state index in [4.69, 9.17) is 5.11 Å². The molecule has 0 unspecified atom stereocenters. The van der Waals surface area contributed by atoms with E-state index in [-0.39, 0.29) is 5.56 Å². The second-order valence-electron chi connectivity index (χ2n) is 4.12. The van der Waals surface area contributed by atoms with E-state index < -0.39 is 5.97 Å². The Kier molecular flexibility index (Phi) is 3.35. The Morgan fingerprint density at radius 3 is 2.70 bits per heavy atom. The summed E-state index contributed by atoms with van der Waals surface area (Å²) in [6.45, 7) is 0. The summed E-state index contributed by atoms with van der Waals surface area (Å²) in [5.41, 5.74) is 1.15. The Morgan fingerprint density at radius 1 is 1.05 bits per heavy atom. The molecule has 0 aliphatic rings. The lowest BCUT2D eigenvalue weighted by atomic mass is 10.2. The van der Waals surface area contributed by atoms with Gasteiger partial charge >= 0.3 is 5.97 Å². The number of aromatic carboxylic acids is 1. The van der Waals surface area contributed by atoms with E-state index in [0.717, 1.165) is 15.8 Å². The zero-order chi connectivity index (χ0) is 13.9. The first kappa shape index (κ1) is 12.6. The standard InChI is InChI=1S/C15H10N2O2S/c18-15(19)10-5-7-17-14(9-10)20-13-6-8-16-12-4-2-1-3-11(12)13/h1-9H,(H,18,19). The molecule has 3 rings (SSSR count). The van der Waals surface area contributed by atoms with Crippen molar-refractivity contribution in [3.05, 3.63) is 60.4 Å². The maximum absolute atomic E-state index is 11.0. The molecule has 4 nitrogen and oxygen atoms in total. The molecule has 0 bridgehead atoms. The van der Waals surface area contributed by atoms with Gasteiger partial charge in [-0.1, -0.05) is 30.0 Å². The minimum absolute atomic E-state index is 0.237. The van der Waals surface area contributed by atoms with Crippen molar-refractivity contribution < 1.29 is 9.90 Å². The van der Waals surface area contributed by atoms with Crippen LogP contribution in [-0.2, 0) is 0 Å². The van der Waals surface area contributed by atoms with Crippen LogP contribution in [0.5, 0.6) is 0 Å². The normalized spacial score (nSPS) is 10.6. The highest BCUT2D eigenvalue weighted by Crippen LogP contribution is 2.31. The van der Waals surface area contributed by atoms with Crippen LogP contribution < -0.4 is 0 Å². The number of aromatic nitrogens is 2. The Balaban J connectivity index is 2.01. The van der Waals surface area contributed by atoms with E-state index in [2.05, 4.69) is 9.97 Å². The van der Waals surface area contributed by atoms with Crippen LogP contribution in [0, 0.1) is 0 Å². The number of hydrogen-bond acceptors (Lipinski definition) is 4. The molecule has 1 aromatic carbocycles. The second-order valence-corrected chi connectivity index (χ2v) is 5.18. The van der Waals surface area contributed by atoms with Crippen molar-refractivity contribution in [3.8, 4) is 0 Å². The topological polar surface area (TPSA) is 63.1 Å². The number of fused-ring (bicyclic) bond motifs is 1. The molecule has 0 saturated carbocycles. The number of hydrogen-bond donors (Lipinski definition) is 1. The van der Waals surface area contributed by atoms with Gasteiger partial charge in [-0.3, -0.25) is 4.98 Å². The number of carboxylic acid groups (broad SMARTS) is 1. The fourth-order valence-electron chi connectivity index (χ4n) is 1.87. The largest absolute Gasteiger partial charge is 0.478 e. The van der Waals surface area contributed by atoms with E-state index in [1.54, 1.807) is 12.3 Å². The Bertz CT molecular complexity index is 784. The first-order chi connectivity index (χ1) is 9.74. The van der Waals surface area contributed by atoms with Crippen LogP contribution in [0.3, 0.4) is 0 Å². The average molecular weight is 282 g/mol. The molecule has 5 heteroatoms. The van der Waals surface area contributed by atoms with Crippen LogP contribution in [0.25, 0.3) is 10.9 Å². The molecule has 20 heavy (non-hydrogen) atoms. The Hall–Kier alpha value is -2.40. The monoisotopic (exact) mass is 282 g/mol. The van der Waals surface area contributed by atoms with Crippen LogP contribution in [0.4, 0.5) is 0 Å². The fourth-order valence-corrected chi connectivity index (χ4v) is 2.81. The van der Waals surface area contributed by atoms with Gasteiger partial charge in [0.25, 0.3) is 0 Å². The predicted octanol–water partition coefficient (Wildman–Crippen LogP) is 3.48. The van der Waals surface area contributed by atoms with Crippen molar-refractivity contribution in [3.63, 3.8) is 0 Å². The van der Waals surface area contributed by atoms with Gasteiger partial charge in [0.1, 0.15) is 5.03 Å². The van der Waals surface area contributed by atoms with Crippen LogP contribution in [0.1, 0.15) is 10.4 Å². The van der Waals surface area contributed by atoms with Gasteiger partial charge in [-0.05, 0) is 24.3 Å². The lowest BCUT2D eigenvalue weighted by Crippen LogP contribution is -1.96. The van der Waals surface area contributed by atoms with Gasteiger partial charge in [0.05, 0.1) is 11.1 Å². The number of para-hydroxylation sites is 1. The van der Waals surface area contributed by atoms with E-state index >= 15 is 0 Å². The van der Waals surface area contributed by atoms with Crippen molar-refractivity contribution in [2.45, 2.75) is 9.92 Å². The molecule has 3 aromatic rings. The van der Waals surface area contributed by atoms with Crippen molar-refractivity contribution in [2.75, 3.05) is 0 Å². The predicted molar refractivity (Wildman–Crippen MR) is 77.1 cm³/mol. The molecule has 0 spiro atoms. The van der Waals surface area contributed by atoms with Gasteiger partial charge in [0, 0.05) is 22.7 Å². The number of carboxylic acids is 1. The second kappa shape index (κ2) is 5.30. The number of carbonyl (C=O) groups is 1. The third kappa shape index (κ3) is 2.48. The van der Waals surface area contributed by atoms with Crippen molar-refractivity contribution >= 4 is 28.6 Å². The van der Waals surface area contributed by atoms with Gasteiger partial charge in [0.15, 0.2) is 0 Å². The minimum Gasteiger partial charge on any atom is -0.478 e. The molecule has 0 aliphatic carbocycles. The van der Waals surface area contributed by atoms with E-state index in [0.29, 0.717) is 5.03 Å². The summed E-state index contributed by atoms with van der Waals surface area (Å²) >= 11 is 1.43. The van der Waals surface area contributed by atoms with Gasteiger partial charge in [0.2, 0.25) is 0 Å². The number of benzene rings is 1. The van der Waals surface area contributed by atoms with Crippen LogP contribution in [0.2, 0.25) is 0 Å². The summed E-state index contributed by atoms with van der Waals surface area (Å²) in [7, 11) is 0. The molecule has 0 aliphatic heterocycles. The number of nitrogens with zero attached hydrogens (tertiary/aromatic N) is 2. The molecule has 2 aromatic heterocycles. The quantitative estimate of drug-likeness (QED) is 0.796. The van der Waals surface area contributed by atoms with Crippen molar-refractivity contribution in [2.24, 2.45) is 0 Å². The first-order valence-corrected chi connectivity index (χ1v) is 6.76. The molecular formula is C15H10N2O2S. The summed E-state index contributed by atoms with van der Waals surface area (Å²) < 4.78 is 0. The van der Waals surface area contributed by atoms with E-state index in [9.17, 15) is 4.79 Å². The molecular weight excluding hydrogens is 272 g/mol. The van der Waals surface area contributed by atoms with Gasteiger partial charge in [-0.15, -0.1) is 0 Å². The lowest BCUT2D eigenvalue weighted by Gasteiger charge is -2.05. The summed E-state index contributed by atoms with van der Waals surface area (Å²) in [5.74, 6) is -0.950. The van der Waals surface area contributed by atoms with E-state index in [1.807, 2.05) is 30.3 Å². The number of pyridine rings is 2. The highest BCUT2D eigenvalue weighted by Gasteiger charge is 2.07. The molecule has 0 amide bonds. The van der Waals surface area contributed by atoms with Crippen molar-refractivity contribution in [1.29, 1.82) is 0 Å². The van der Waals surface area contributed by atoms with Crippen molar-refractivity contribution in [1.82, 2.24) is 9.97 Å². The molecule has 0 fully saturated rings. The highest BCUT2D eigenvalue weighted by molar-refractivity contribution is 7.99. The zero-order valence-electron chi connectivity index (χ0n) is 10.4. The van der Waals surface area contributed by atoms with Gasteiger partial charge in [-0.25, -0.2) is 9.78 Å². The van der Waals surface area contributed by atoms with Crippen LogP contribution in [0.15, 0.2) is 64.8 Å². The zero-order valence-corrected chi connectivity index (χ0v) is 11.2. The maximum Gasteiger partial charge on any atom is 0.335 e. The molecule has 0 saturated heterocycles. The summed E-state index contributed by atoms with van der Waals surface area (Å²) in [6, 6.07) is 12.8. The summed E-state index contributed by atoms with van der Waals surface area (Å²) in [5, 5.41) is 10.7. The third-order valence-electron chi connectivity index (χ3n) is 2.81.